The summed E-state index contributed by atoms with van der Waals surface area (Å²) in [5, 5.41) is 3.51. The molecule has 0 aliphatic carbocycles. The third-order valence-electron chi connectivity index (χ3n) is 5.05. The Hall–Kier alpha value is -1.56. The molecule has 2 heterocycles. The van der Waals surface area contributed by atoms with Crippen molar-refractivity contribution < 1.29 is 18.0 Å². The summed E-state index contributed by atoms with van der Waals surface area (Å²) in [5.74, 6) is -0.243. The highest BCUT2D eigenvalue weighted by molar-refractivity contribution is 5.79. The van der Waals surface area contributed by atoms with Gasteiger partial charge in [-0.1, -0.05) is 18.2 Å². The minimum Gasteiger partial charge on any atom is -0.342 e. The highest BCUT2D eigenvalue weighted by Gasteiger charge is 2.37. The van der Waals surface area contributed by atoms with Crippen LogP contribution in [0.2, 0.25) is 0 Å². The van der Waals surface area contributed by atoms with E-state index in [-0.39, 0.29) is 23.9 Å². The van der Waals surface area contributed by atoms with Crippen molar-refractivity contribution >= 4 is 5.91 Å². The molecular weight excluding hydrogens is 305 g/mol. The number of nitrogens with one attached hydrogen (secondary N) is 1. The van der Waals surface area contributed by atoms with Gasteiger partial charge in [-0.25, -0.2) is 0 Å². The van der Waals surface area contributed by atoms with Gasteiger partial charge in [0.2, 0.25) is 5.91 Å². The standard InChI is InChI=1S/C17H21F3N2O/c1-22(14-9-12-6-7-13(10-14)21-12)16(23)8-11-4-2-3-5-15(11)17(18,19)20/h2-5,12-14,21H,6-10H2,1H3/t12-,13-/m1/s1. The molecule has 6 heteroatoms. The van der Waals surface area contributed by atoms with E-state index in [1.807, 2.05) is 0 Å². The van der Waals surface area contributed by atoms with Crippen LogP contribution in [-0.2, 0) is 17.4 Å². The third kappa shape index (κ3) is 3.52. The summed E-state index contributed by atoms with van der Waals surface area (Å²) in [5.41, 5.74) is -0.666. The van der Waals surface area contributed by atoms with Gasteiger partial charge in [0.15, 0.2) is 0 Å². The number of amides is 1. The highest BCUT2D eigenvalue weighted by Crippen LogP contribution is 2.33. The lowest BCUT2D eigenvalue weighted by atomic mass is 9.97. The average molecular weight is 326 g/mol. The fourth-order valence-corrected chi connectivity index (χ4v) is 3.79. The van der Waals surface area contributed by atoms with E-state index in [4.69, 9.17) is 0 Å². The molecule has 0 spiro atoms. The second kappa shape index (κ2) is 6.15. The second-order valence-corrected chi connectivity index (χ2v) is 6.60. The molecule has 3 rings (SSSR count). The van der Waals surface area contributed by atoms with Crippen LogP contribution in [0.15, 0.2) is 24.3 Å². The van der Waals surface area contributed by atoms with Crippen molar-refractivity contribution in [2.75, 3.05) is 7.05 Å². The number of benzene rings is 1. The van der Waals surface area contributed by atoms with E-state index < -0.39 is 11.7 Å². The number of carbonyl (C=O) groups excluding carboxylic acids is 1. The molecule has 2 saturated heterocycles. The maximum absolute atomic E-state index is 13.0. The molecule has 23 heavy (non-hydrogen) atoms. The molecule has 1 N–H and O–H groups in total. The summed E-state index contributed by atoms with van der Waals surface area (Å²) in [6.45, 7) is 0. The monoisotopic (exact) mass is 326 g/mol. The van der Waals surface area contributed by atoms with Crippen molar-refractivity contribution in [2.24, 2.45) is 0 Å². The zero-order chi connectivity index (χ0) is 16.6. The smallest absolute Gasteiger partial charge is 0.342 e. The molecule has 126 valence electrons. The maximum Gasteiger partial charge on any atom is 0.416 e. The first-order valence-corrected chi connectivity index (χ1v) is 8.01. The lowest BCUT2D eigenvalue weighted by Crippen LogP contribution is -2.49. The van der Waals surface area contributed by atoms with Crippen LogP contribution in [0.1, 0.15) is 36.8 Å². The van der Waals surface area contributed by atoms with Crippen LogP contribution in [0.4, 0.5) is 13.2 Å². The van der Waals surface area contributed by atoms with Gasteiger partial charge in [-0.2, -0.15) is 13.2 Å². The molecule has 0 radical (unpaired) electrons. The molecular formula is C17H21F3N2O. The molecule has 1 aromatic rings. The second-order valence-electron chi connectivity index (χ2n) is 6.60. The summed E-state index contributed by atoms with van der Waals surface area (Å²) in [6.07, 6.45) is -0.603. The zero-order valence-electron chi connectivity index (χ0n) is 13.1. The Bertz CT molecular complexity index is 575. The lowest BCUT2D eigenvalue weighted by Gasteiger charge is -2.35. The Morgan fingerprint density at radius 2 is 1.83 bits per heavy atom. The van der Waals surface area contributed by atoms with Crippen LogP contribution in [-0.4, -0.2) is 36.0 Å². The fourth-order valence-electron chi connectivity index (χ4n) is 3.79. The summed E-state index contributed by atoms with van der Waals surface area (Å²) >= 11 is 0. The zero-order valence-corrected chi connectivity index (χ0v) is 13.1. The normalized spacial score (nSPS) is 27.0. The van der Waals surface area contributed by atoms with Crippen LogP contribution in [0, 0.1) is 0 Å². The fraction of sp³-hybridized carbons (Fsp3) is 0.588. The van der Waals surface area contributed by atoms with E-state index in [1.54, 1.807) is 18.0 Å². The first-order chi connectivity index (χ1) is 10.8. The predicted octanol–water partition coefficient (Wildman–Crippen LogP) is 2.99. The number of rotatable bonds is 3. The Morgan fingerprint density at radius 3 is 2.43 bits per heavy atom. The van der Waals surface area contributed by atoms with Gasteiger partial charge in [0.25, 0.3) is 0 Å². The van der Waals surface area contributed by atoms with Gasteiger partial charge in [0.1, 0.15) is 0 Å². The number of alkyl halides is 3. The molecule has 2 aliphatic heterocycles. The first kappa shape index (κ1) is 16.3. The van der Waals surface area contributed by atoms with Gasteiger partial charge in [-0.15, -0.1) is 0 Å². The van der Waals surface area contributed by atoms with Crippen LogP contribution in [0.25, 0.3) is 0 Å². The summed E-state index contributed by atoms with van der Waals surface area (Å²) in [7, 11) is 1.72. The number of hydrogen-bond donors (Lipinski definition) is 1. The number of hydrogen-bond acceptors (Lipinski definition) is 2. The molecule has 2 aliphatic rings. The highest BCUT2D eigenvalue weighted by atomic mass is 19.4. The maximum atomic E-state index is 13.0. The largest absolute Gasteiger partial charge is 0.416 e. The van der Waals surface area contributed by atoms with Crippen LogP contribution < -0.4 is 5.32 Å². The minimum absolute atomic E-state index is 0.0498. The van der Waals surface area contributed by atoms with E-state index in [9.17, 15) is 18.0 Å². The van der Waals surface area contributed by atoms with Crippen molar-refractivity contribution in [3.8, 4) is 0 Å². The van der Waals surface area contributed by atoms with Gasteiger partial charge < -0.3 is 10.2 Å². The molecule has 0 unspecified atom stereocenters. The predicted molar refractivity (Wildman–Crippen MR) is 80.9 cm³/mol. The molecule has 0 saturated carbocycles. The van der Waals surface area contributed by atoms with Gasteiger partial charge in [-0.05, 0) is 37.3 Å². The van der Waals surface area contributed by atoms with E-state index in [0.717, 1.165) is 31.7 Å². The Morgan fingerprint density at radius 1 is 1.22 bits per heavy atom. The van der Waals surface area contributed by atoms with Crippen molar-refractivity contribution in [2.45, 2.75) is 56.4 Å². The van der Waals surface area contributed by atoms with E-state index in [1.165, 1.54) is 12.1 Å². The number of carbonyl (C=O) groups is 1. The summed E-state index contributed by atoms with van der Waals surface area (Å²) < 4.78 is 39.1. The molecule has 1 amide bonds. The van der Waals surface area contributed by atoms with Crippen molar-refractivity contribution in [3.05, 3.63) is 35.4 Å². The van der Waals surface area contributed by atoms with Gasteiger partial charge in [0, 0.05) is 25.2 Å². The van der Waals surface area contributed by atoms with Crippen molar-refractivity contribution in [1.82, 2.24) is 10.2 Å². The van der Waals surface area contributed by atoms with Crippen LogP contribution >= 0.6 is 0 Å². The Labute approximate surface area is 133 Å². The van der Waals surface area contributed by atoms with E-state index >= 15 is 0 Å². The van der Waals surface area contributed by atoms with Gasteiger partial charge in [0.05, 0.1) is 12.0 Å². The molecule has 2 bridgehead atoms. The van der Waals surface area contributed by atoms with Crippen molar-refractivity contribution in [3.63, 3.8) is 0 Å². The molecule has 1 aromatic carbocycles. The van der Waals surface area contributed by atoms with E-state index in [2.05, 4.69) is 5.32 Å². The summed E-state index contributed by atoms with van der Waals surface area (Å²) in [4.78, 5) is 14.1. The Kier molecular flexibility index (Phi) is 4.36. The first-order valence-electron chi connectivity index (χ1n) is 8.01. The third-order valence-corrected chi connectivity index (χ3v) is 5.05. The number of likely N-dealkylation sites (N-methyl/N-ethyl adjacent to an activating group) is 1. The topological polar surface area (TPSA) is 32.3 Å². The molecule has 0 aromatic heterocycles. The summed E-state index contributed by atoms with van der Waals surface area (Å²) in [6, 6.07) is 6.33. The SMILES string of the molecule is CN(C(=O)Cc1ccccc1C(F)(F)F)C1C[C@H]2CC[C@H](C1)N2. The lowest BCUT2D eigenvalue weighted by molar-refractivity contribution is -0.138. The van der Waals surface area contributed by atoms with Crippen molar-refractivity contribution in [1.29, 1.82) is 0 Å². The van der Waals surface area contributed by atoms with Gasteiger partial charge >= 0.3 is 6.18 Å². The number of fused-ring (bicyclic) bond motifs is 2. The molecule has 3 nitrogen and oxygen atoms in total. The number of nitrogens with zero attached hydrogens (tertiary/aromatic N) is 1. The number of halogens is 3. The molecule has 2 fully saturated rings. The van der Waals surface area contributed by atoms with Gasteiger partial charge in [-0.3, -0.25) is 4.79 Å². The minimum atomic E-state index is -4.43. The van der Waals surface area contributed by atoms with E-state index in [0.29, 0.717) is 12.1 Å². The average Bonchev–Trinajstić information content (AvgIpc) is 2.84. The quantitative estimate of drug-likeness (QED) is 0.926. The Balaban J connectivity index is 1.70. The molecule has 2 atom stereocenters. The number of piperidine rings is 1. The van der Waals surface area contributed by atoms with Crippen LogP contribution in [0.3, 0.4) is 0 Å². The van der Waals surface area contributed by atoms with Crippen LogP contribution in [0.5, 0.6) is 0 Å².